The minimum absolute atomic E-state index is 0.364. The molecule has 7 nitrogen and oxygen atoms in total. The molecular formula is C14H17N5O2S2. The van der Waals surface area contributed by atoms with Crippen LogP contribution in [0.25, 0.3) is 0 Å². The summed E-state index contributed by atoms with van der Waals surface area (Å²) in [7, 11) is 1.75. The van der Waals surface area contributed by atoms with Gasteiger partial charge in [0, 0.05) is 13.6 Å². The highest BCUT2D eigenvalue weighted by Gasteiger charge is 2.19. The first-order valence-electron chi connectivity index (χ1n) is 6.89. The first-order chi connectivity index (χ1) is 11.1. The number of carbonyl (C=O) groups is 2. The lowest BCUT2D eigenvalue weighted by molar-refractivity contribution is -0.119. The van der Waals surface area contributed by atoms with Gasteiger partial charge in [-0.25, -0.2) is 4.79 Å². The lowest BCUT2D eigenvalue weighted by Crippen LogP contribution is -2.42. The molecule has 1 atom stereocenters. The molecule has 2 rings (SSSR count). The van der Waals surface area contributed by atoms with Gasteiger partial charge in [0.2, 0.25) is 11.0 Å². The Morgan fingerprint density at radius 3 is 2.65 bits per heavy atom. The molecule has 0 bridgehead atoms. The molecule has 0 fully saturated rings. The molecule has 0 saturated carbocycles. The largest absolute Gasteiger partial charge is 0.363 e. The summed E-state index contributed by atoms with van der Waals surface area (Å²) in [5.74, 6) is -0.373. The van der Waals surface area contributed by atoms with Crippen LogP contribution in [0, 0.1) is 0 Å². The standard InChI is InChI=1S/C14H17N5O2S2/c1-9(22-14-19-18-13(15-2)23-14)11(20)17-12(21)16-8-10-6-4-3-5-7-10/h3-7,9H,8H2,1-2H3,(H,15,18)(H2,16,17,20,21)/t9-/m0/s1. The number of imide groups is 1. The van der Waals surface area contributed by atoms with Crippen LogP contribution in [-0.2, 0) is 11.3 Å². The predicted octanol–water partition coefficient (Wildman–Crippen LogP) is 2.09. The summed E-state index contributed by atoms with van der Waals surface area (Å²) < 4.78 is 0.668. The van der Waals surface area contributed by atoms with Crippen molar-refractivity contribution in [1.82, 2.24) is 20.8 Å². The van der Waals surface area contributed by atoms with Crippen molar-refractivity contribution in [2.45, 2.75) is 23.1 Å². The summed E-state index contributed by atoms with van der Waals surface area (Å²) in [6.45, 7) is 2.08. The SMILES string of the molecule is CNc1nnc(S[C@@H](C)C(=O)NC(=O)NCc2ccccc2)s1. The molecule has 122 valence electrons. The van der Waals surface area contributed by atoms with Crippen LogP contribution < -0.4 is 16.0 Å². The lowest BCUT2D eigenvalue weighted by atomic mass is 10.2. The van der Waals surface area contributed by atoms with Crippen molar-refractivity contribution in [3.8, 4) is 0 Å². The van der Waals surface area contributed by atoms with Gasteiger partial charge >= 0.3 is 6.03 Å². The first kappa shape index (κ1) is 17.2. The van der Waals surface area contributed by atoms with E-state index in [1.165, 1.54) is 23.1 Å². The number of urea groups is 1. The van der Waals surface area contributed by atoms with E-state index >= 15 is 0 Å². The summed E-state index contributed by atoms with van der Waals surface area (Å²) in [6, 6.07) is 8.96. The van der Waals surface area contributed by atoms with Crippen LogP contribution in [0.15, 0.2) is 34.7 Å². The van der Waals surface area contributed by atoms with Gasteiger partial charge in [-0.1, -0.05) is 53.4 Å². The average Bonchev–Trinajstić information content (AvgIpc) is 3.01. The van der Waals surface area contributed by atoms with E-state index in [1.54, 1.807) is 14.0 Å². The minimum atomic E-state index is -0.514. The van der Waals surface area contributed by atoms with Gasteiger partial charge in [0.05, 0.1) is 5.25 Å². The number of amides is 3. The van der Waals surface area contributed by atoms with E-state index in [4.69, 9.17) is 0 Å². The fourth-order valence-electron chi connectivity index (χ4n) is 1.60. The van der Waals surface area contributed by atoms with Gasteiger partial charge in [0.25, 0.3) is 0 Å². The number of nitrogens with zero attached hydrogens (tertiary/aromatic N) is 2. The number of hydrogen-bond donors (Lipinski definition) is 3. The zero-order valence-corrected chi connectivity index (χ0v) is 14.3. The Balaban J connectivity index is 1.77. The molecule has 1 aromatic carbocycles. The van der Waals surface area contributed by atoms with Crippen LogP contribution in [0.4, 0.5) is 9.93 Å². The van der Waals surface area contributed by atoms with Crippen molar-refractivity contribution in [3.63, 3.8) is 0 Å². The van der Waals surface area contributed by atoms with Crippen molar-refractivity contribution in [3.05, 3.63) is 35.9 Å². The van der Waals surface area contributed by atoms with Crippen LogP contribution in [0.1, 0.15) is 12.5 Å². The molecule has 1 aromatic heterocycles. The van der Waals surface area contributed by atoms with E-state index < -0.39 is 11.3 Å². The van der Waals surface area contributed by atoms with E-state index in [2.05, 4.69) is 26.1 Å². The normalized spacial score (nSPS) is 11.6. The predicted molar refractivity (Wildman–Crippen MR) is 91.6 cm³/mol. The molecule has 3 amide bonds. The summed E-state index contributed by atoms with van der Waals surface area (Å²) in [5.41, 5.74) is 0.964. The van der Waals surface area contributed by atoms with Gasteiger partial charge in [0.1, 0.15) is 0 Å². The third-order valence-corrected chi connectivity index (χ3v) is 4.92. The van der Waals surface area contributed by atoms with Crippen LogP contribution in [-0.4, -0.2) is 34.4 Å². The summed E-state index contributed by atoms with van der Waals surface area (Å²) in [6.07, 6.45) is 0. The lowest BCUT2D eigenvalue weighted by Gasteiger charge is -2.10. The van der Waals surface area contributed by atoms with Gasteiger partial charge in [0.15, 0.2) is 4.34 Å². The second-order valence-corrected chi connectivity index (χ2v) is 7.11. The van der Waals surface area contributed by atoms with Crippen molar-refractivity contribution in [2.24, 2.45) is 0 Å². The molecule has 2 aromatic rings. The Morgan fingerprint density at radius 2 is 2.00 bits per heavy atom. The quantitative estimate of drug-likeness (QED) is 0.690. The molecule has 0 unspecified atom stereocenters. The number of rotatable bonds is 6. The molecule has 3 N–H and O–H groups in total. The maximum Gasteiger partial charge on any atom is 0.321 e. The highest BCUT2D eigenvalue weighted by molar-refractivity contribution is 8.02. The molecule has 0 saturated heterocycles. The Morgan fingerprint density at radius 1 is 1.26 bits per heavy atom. The topological polar surface area (TPSA) is 96.0 Å². The van der Waals surface area contributed by atoms with E-state index in [1.807, 2.05) is 30.3 Å². The minimum Gasteiger partial charge on any atom is -0.363 e. The van der Waals surface area contributed by atoms with Crippen LogP contribution in [0.2, 0.25) is 0 Å². The molecule has 0 spiro atoms. The van der Waals surface area contributed by atoms with E-state index in [0.717, 1.165) is 5.56 Å². The average molecular weight is 351 g/mol. The van der Waals surface area contributed by atoms with Crippen molar-refractivity contribution < 1.29 is 9.59 Å². The molecule has 9 heteroatoms. The Labute approximate surface area is 142 Å². The highest BCUT2D eigenvalue weighted by atomic mass is 32.2. The van der Waals surface area contributed by atoms with Crippen LogP contribution in [0.3, 0.4) is 0 Å². The molecule has 0 aliphatic heterocycles. The summed E-state index contributed by atoms with van der Waals surface area (Å²) in [4.78, 5) is 23.7. The van der Waals surface area contributed by atoms with Gasteiger partial charge in [-0.2, -0.15) is 0 Å². The van der Waals surface area contributed by atoms with Gasteiger partial charge < -0.3 is 10.6 Å². The van der Waals surface area contributed by atoms with Crippen LogP contribution in [0.5, 0.6) is 0 Å². The zero-order valence-electron chi connectivity index (χ0n) is 12.7. The monoisotopic (exact) mass is 351 g/mol. The summed E-state index contributed by atoms with van der Waals surface area (Å²) in [5, 5.41) is 15.9. The highest BCUT2D eigenvalue weighted by Crippen LogP contribution is 2.28. The second-order valence-electron chi connectivity index (χ2n) is 4.54. The maximum atomic E-state index is 12.0. The molecule has 0 radical (unpaired) electrons. The fraction of sp³-hybridized carbons (Fsp3) is 0.286. The Hall–Kier alpha value is -2.13. The number of hydrogen-bond acceptors (Lipinski definition) is 7. The van der Waals surface area contributed by atoms with E-state index in [9.17, 15) is 9.59 Å². The van der Waals surface area contributed by atoms with Gasteiger partial charge in [-0.3, -0.25) is 10.1 Å². The van der Waals surface area contributed by atoms with Gasteiger partial charge in [-0.15, -0.1) is 10.2 Å². The van der Waals surface area contributed by atoms with E-state index in [-0.39, 0.29) is 5.91 Å². The molecular weight excluding hydrogens is 334 g/mol. The smallest absolute Gasteiger partial charge is 0.321 e. The van der Waals surface area contributed by atoms with Crippen molar-refractivity contribution in [2.75, 3.05) is 12.4 Å². The van der Waals surface area contributed by atoms with Crippen molar-refractivity contribution >= 4 is 40.2 Å². The molecule has 1 heterocycles. The Bertz CT molecular complexity index is 662. The van der Waals surface area contributed by atoms with Crippen LogP contribution >= 0.6 is 23.1 Å². The number of thioether (sulfide) groups is 1. The summed E-state index contributed by atoms with van der Waals surface area (Å²) >= 11 is 2.61. The zero-order chi connectivity index (χ0) is 16.7. The number of aromatic nitrogens is 2. The van der Waals surface area contributed by atoms with Crippen molar-refractivity contribution in [1.29, 1.82) is 0 Å². The molecule has 0 aliphatic carbocycles. The van der Waals surface area contributed by atoms with E-state index in [0.29, 0.717) is 16.0 Å². The number of benzene rings is 1. The van der Waals surface area contributed by atoms with Gasteiger partial charge in [-0.05, 0) is 12.5 Å². The number of anilines is 1. The Kier molecular flexibility index (Phi) is 6.36. The molecule has 23 heavy (non-hydrogen) atoms. The number of nitrogens with one attached hydrogen (secondary N) is 3. The second kappa shape index (κ2) is 8.49. The third kappa shape index (κ3) is 5.53. The third-order valence-electron chi connectivity index (χ3n) is 2.80. The maximum absolute atomic E-state index is 12.0. The fourth-order valence-corrected chi connectivity index (χ4v) is 3.45. The molecule has 0 aliphatic rings. The first-order valence-corrected chi connectivity index (χ1v) is 8.58. The number of carbonyl (C=O) groups excluding carboxylic acids is 2.